The molecule has 2 N–H and O–H groups in total. The molecule has 1 amide bonds. The SMILES string of the molecule is CCC1C=C(C)CC(C)CC(OC)C2OC(O)(C(=O)C(=O)N3CCCCC3C(=O)OC(C(C)=CC3CCC(O)(Cc4ccccc4)C(OC)C3)C(C)CCC1=O)C(C)CC2OC. The molecule has 13 atom stereocenters. The number of carbonyl (C=O) groups is 4. The molecule has 12 heteroatoms. The maximum absolute atomic E-state index is 14.5. The number of Topliss-reactive ketones (excluding diaryl/α,β-unsaturated/α-hetero) is 2. The van der Waals surface area contributed by atoms with E-state index < -0.39 is 71.5 Å². The first kappa shape index (κ1) is 49.8. The first-order valence-corrected chi connectivity index (χ1v) is 23.2. The summed E-state index contributed by atoms with van der Waals surface area (Å²) in [5.41, 5.74) is 1.89. The van der Waals surface area contributed by atoms with Gasteiger partial charge in [-0.25, -0.2) is 4.79 Å². The number of ether oxygens (including phenoxy) is 5. The van der Waals surface area contributed by atoms with Crippen molar-refractivity contribution in [2.45, 2.75) is 173 Å². The van der Waals surface area contributed by atoms with Gasteiger partial charge in [-0.05, 0) is 113 Å². The van der Waals surface area contributed by atoms with Crippen LogP contribution in [0.3, 0.4) is 0 Å². The van der Waals surface area contributed by atoms with E-state index in [4.69, 9.17) is 23.7 Å². The van der Waals surface area contributed by atoms with Gasteiger partial charge in [0, 0.05) is 52.6 Å². The molecule has 3 fully saturated rings. The van der Waals surface area contributed by atoms with Gasteiger partial charge < -0.3 is 38.8 Å². The van der Waals surface area contributed by atoms with Crippen molar-refractivity contribution in [2.24, 2.45) is 29.6 Å². The van der Waals surface area contributed by atoms with E-state index in [1.165, 1.54) is 4.90 Å². The Hall–Kier alpha value is -3.26. The van der Waals surface area contributed by atoms with Gasteiger partial charge in [-0.2, -0.15) is 0 Å². The van der Waals surface area contributed by atoms with Crippen molar-refractivity contribution in [2.75, 3.05) is 27.9 Å². The van der Waals surface area contributed by atoms with Gasteiger partial charge in [0.25, 0.3) is 11.7 Å². The fraction of sp³-hybridized carbons (Fsp3) is 0.720. The zero-order valence-electron chi connectivity index (χ0n) is 38.8. The molecule has 1 saturated carbocycles. The molecule has 0 aromatic heterocycles. The number of cyclic esters (lactones) is 1. The first-order chi connectivity index (χ1) is 29.5. The van der Waals surface area contributed by atoms with Crippen molar-refractivity contribution in [3.63, 3.8) is 0 Å². The van der Waals surface area contributed by atoms with Gasteiger partial charge in [0.2, 0.25) is 5.79 Å². The van der Waals surface area contributed by atoms with Crippen LogP contribution in [-0.4, -0.2) is 114 Å². The third kappa shape index (κ3) is 11.7. The molecule has 1 aromatic rings. The Balaban J connectivity index is 1.48. The third-order valence-corrected chi connectivity index (χ3v) is 14.4. The van der Waals surface area contributed by atoms with Crippen LogP contribution in [0.5, 0.6) is 0 Å². The normalized spacial score (nSPS) is 37.8. The van der Waals surface area contributed by atoms with Crippen LogP contribution in [0.25, 0.3) is 0 Å². The van der Waals surface area contributed by atoms with Crippen molar-refractivity contribution < 1.29 is 53.1 Å². The smallest absolute Gasteiger partial charge is 0.329 e. The Labute approximate surface area is 370 Å². The summed E-state index contributed by atoms with van der Waals surface area (Å²) in [6.07, 6.45) is 7.69. The van der Waals surface area contributed by atoms with E-state index in [2.05, 4.69) is 19.1 Å². The van der Waals surface area contributed by atoms with E-state index >= 15 is 0 Å². The average molecular weight is 866 g/mol. The zero-order valence-corrected chi connectivity index (χ0v) is 38.8. The number of esters is 1. The lowest BCUT2D eigenvalue weighted by Gasteiger charge is -2.47. The Kier molecular flexibility index (Phi) is 17.7. The van der Waals surface area contributed by atoms with Crippen LogP contribution in [0.4, 0.5) is 0 Å². The van der Waals surface area contributed by atoms with Crippen LogP contribution in [0.1, 0.15) is 124 Å². The quantitative estimate of drug-likeness (QED) is 0.156. The van der Waals surface area contributed by atoms with E-state index in [1.807, 2.05) is 58.0 Å². The molecule has 0 spiro atoms. The van der Waals surface area contributed by atoms with Crippen LogP contribution in [0.15, 0.2) is 53.6 Å². The van der Waals surface area contributed by atoms with E-state index in [0.717, 1.165) is 16.7 Å². The molecular formula is C50H75NO11. The van der Waals surface area contributed by atoms with Crippen LogP contribution >= 0.6 is 0 Å². The Morgan fingerprint density at radius 1 is 0.919 bits per heavy atom. The third-order valence-electron chi connectivity index (χ3n) is 14.4. The van der Waals surface area contributed by atoms with Crippen molar-refractivity contribution in [3.8, 4) is 0 Å². The molecule has 12 nitrogen and oxygen atoms in total. The number of allylic oxidation sites excluding steroid dienone is 3. The second-order valence-electron chi connectivity index (χ2n) is 19.2. The molecular weight excluding hydrogens is 791 g/mol. The summed E-state index contributed by atoms with van der Waals surface area (Å²) in [6.45, 7) is 11.9. The highest BCUT2D eigenvalue weighted by atomic mass is 16.7. The number of methoxy groups -OCH3 is 3. The highest BCUT2D eigenvalue weighted by Crippen LogP contribution is 2.41. The minimum absolute atomic E-state index is 0.0245. The topological polar surface area (TPSA) is 158 Å². The highest BCUT2D eigenvalue weighted by Gasteiger charge is 2.56. The second-order valence-corrected chi connectivity index (χ2v) is 19.2. The van der Waals surface area contributed by atoms with Crippen molar-refractivity contribution in [3.05, 3.63) is 59.2 Å². The fourth-order valence-corrected chi connectivity index (χ4v) is 10.7. The molecule has 0 radical (unpaired) electrons. The number of amides is 1. The number of hydrogen-bond acceptors (Lipinski definition) is 11. The minimum Gasteiger partial charge on any atom is -0.456 e. The maximum Gasteiger partial charge on any atom is 0.329 e. The van der Waals surface area contributed by atoms with E-state index in [1.54, 1.807) is 28.3 Å². The summed E-state index contributed by atoms with van der Waals surface area (Å²) in [5, 5.41) is 23.9. The lowest BCUT2D eigenvalue weighted by atomic mass is 9.73. The summed E-state index contributed by atoms with van der Waals surface area (Å²) in [6, 6.07) is 8.85. The lowest BCUT2D eigenvalue weighted by molar-refractivity contribution is -0.302. The zero-order chi connectivity index (χ0) is 45.4. The number of aliphatic hydroxyl groups is 2. The molecule has 62 heavy (non-hydrogen) atoms. The number of ketones is 2. The van der Waals surface area contributed by atoms with Gasteiger partial charge >= 0.3 is 5.97 Å². The Bertz CT molecular complexity index is 1750. The van der Waals surface area contributed by atoms with Crippen LogP contribution in [0.2, 0.25) is 0 Å². The highest BCUT2D eigenvalue weighted by molar-refractivity contribution is 6.39. The maximum atomic E-state index is 14.5. The van der Waals surface area contributed by atoms with Gasteiger partial charge in [-0.15, -0.1) is 0 Å². The molecule has 2 saturated heterocycles. The van der Waals surface area contributed by atoms with Crippen molar-refractivity contribution >= 4 is 23.4 Å². The summed E-state index contributed by atoms with van der Waals surface area (Å²) < 4.78 is 30.4. The number of hydrogen-bond donors (Lipinski definition) is 2. The molecule has 346 valence electrons. The Morgan fingerprint density at radius 2 is 1.61 bits per heavy atom. The molecule has 1 aromatic carbocycles. The predicted molar refractivity (Wildman–Crippen MR) is 236 cm³/mol. The van der Waals surface area contributed by atoms with Crippen molar-refractivity contribution in [1.82, 2.24) is 4.90 Å². The molecule has 3 aliphatic heterocycles. The van der Waals surface area contributed by atoms with Gasteiger partial charge in [0.1, 0.15) is 24.0 Å². The molecule has 1 aliphatic carbocycles. The number of carbonyl (C=O) groups excluding carboxylic acids is 4. The van der Waals surface area contributed by atoms with Crippen molar-refractivity contribution in [1.29, 1.82) is 0 Å². The number of nitrogens with zero attached hydrogens (tertiary/aromatic N) is 1. The van der Waals surface area contributed by atoms with Gasteiger partial charge in [-0.3, -0.25) is 14.4 Å². The summed E-state index contributed by atoms with van der Waals surface area (Å²) in [4.78, 5) is 58.3. The number of rotatable bonds is 8. The molecule has 13 unspecified atom stereocenters. The van der Waals surface area contributed by atoms with Gasteiger partial charge in [0.05, 0.1) is 23.9 Å². The van der Waals surface area contributed by atoms with Crippen LogP contribution in [0, 0.1) is 29.6 Å². The van der Waals surface area contributed by atoms with Gasteiger partial charge in [-0.1, -0.05) is 75.8 Å². The Morgan fingerprint density at radius 3 is 2.27 bits per heavy atom. The molecule has 2 bridgehead atoms. The largest absolute Gasteiger partial charge is 0.456 e. The van der Waals surface area contributed by atoms with E-state index in [-0.39, 0.29) is 48.8 Å². The summed E-state index contributed by atoms with van der Waals surface area (Å²) >= 11 is 0. The number of benzene rings is 1. The summed E-state index contributed by atoms with van der Waals surface area (Å²) in [5.74, 6) is -6.34. The van der Waals surface area contributed by atoms with E-state index in [9.17, 15) is 29.4 Å². The molecule has 4 aliphatic rings. The second kappa shape index (κ2) is 22.1. The standard InChI is InChI=1S/C50H75NO11/c1-10-38-25-31(2)24-32(3)26-41(58-7)45-42(59-8)28-35(6)50(57,62-45)46(53)47(54)51-23-15-14-18-39(51)48(55)61-44(33(4)19-20-40(38)52)34(5)27-37-21-22-49(56,43(29-37)60-9)30-36-16-12-11-13-17-36/h11-13,16-17,25,27,32-33,35,37-39,41-45,56-57H,10,14-15,18-24,26,28-30H2,1-9H3. The predicted octanol–water partition coefficient (Wildman–Crippen LogP) is 7.12. The fourth-order valence-electron chi connectivity index (χ4n) is 10.7. The first-order valence-electron chi connectivity index (χ1n) is 23.2. The molecule has 5 rings (SSSR count). The van der Waals surface area contributed by atoms with Crippen LogP contribution in [-0.2, 0) is 49.3 Å². The minimum atomic E-state index is -2.48. The lowest BCUT2D eigenvalue weighted by Crippen LogP contribution is -2.64. The van der Waals surface area contributed by atoms with Crippen LogP contribution < -0.4 is 0 Å². The monoisotopic (exact) mass is 866 g/mol. The molecule has 3 heterocycles. The number of piperidine rings is 1. The average Bonchev–Trinajstić information content (AvgIpc) is 3.26. The van der Waals surface area contributed by atoms with E-state index in [0.29, 0.717) is 70.6 Å². The summed E-state index contributed by atoms with van der Waals surface area (Å²) in [7, 11) is 4.74. The van der Waals surface area contributed by atoms with Gasteiger partial charge in [0.15, 0.2) is 0 Å². The number of fused-ring (bicyclic) bond motifs is 3.